The third-order valence-corrected chi connectivity index (χ3v) is 10.4. The number of allylic oxidation sites excluding steroid dienone is 3. The number of aliphatic hydroxyl groups is 2. The van der Waals surface area contributed by atoms with Crippen LogP contribution in [0.25, 0.3) is 0 Å². The molecule has 0 radical (unpaired) electrons. The maximum Gasteiger partial charge on any atom is 0.220 e. The molecule has 0 fully saturated rings. The van der Waals surface area contributed by atoms with Gasteiger partial charge in [0.25, 0.3) is 0 Å². The molecular formula is C46H89NO3. The van der Waals surface area contributed by atoms with Crippen LogP contribution in [0.4, 0.5) is 0 Å². The maximum atomic E-state index is 12.4. The van der Waals surface area contributed by atoms with Gasteiger partial charge in [-0.1, -0.05) is 218 Å². The smallest absolute Gasteiger partial charge is 0.220 e. The van der Waals surface area contributed by atoms with Gasteiger partial charge in [-0.3, -0.25) is 4.79 Å². The minimum atomic E-state index is -0.837. The van der Waals surface area contributed by atoms with Crippen molar-refractivity contribution in [2.45, 2.75) is 257 Å². The van der Waals surface area contributed by atoms with E-state index in [9.17, 15) is 15.0 Å². The summed E-state index contributed by atoms with van der Waals surface area (Å²) in [6.45, 7) is 4.32. The van der Waals surface area contributed by atoms with Crippen LogP contribution >= 0.6 is 0 Å². The number of amides is 1. The predicted molar refractivity (Wildman–Crippen MR) is 221 cm³/mol. The van der Waals surface area contributed by atoms with Gasteiger partial charge in [0.1, 0.15) is 0 Å². The molecule has 50 heavy (non-hydrogen) atoms. The zero-order valence-electron chi connectivity index (χ0n) is 33.9. The molecule has 0 aromatic rings. The van der Waals surface area contributed by atoms with Crippen molar-refractivity contribution in [2.24, 2.45) is 0 Å². The van der Waals surface area contributed by atoms with E-state index in [-0.39, 0.29) is 12.5 Å². The largest absolute Gasteiger partial charge is 0.394 e. The van der Waals surface area contributed by atoms with Gasteiger partial charge in [0.05, 0.1) is 18.8 Å². The van der Waals surface area contributed by atoms with Gasteiger partial charge in [-0.25, -0.2) is 0 Å². The molecule has 0 aliphatic carbocycles. The fraction of sp³-hybridized carbons (Fsp3) is 0.891. The predicted octanol–water partition coefficient (Wildman–Crippen LogP) is 14.0. The molecule has 1 amide bonds. The summed E-state index contributed by atoms with van der Waals surface area (Å²) >= 11 is 0. The molecule has 4 nitrogen and oxygen atoms in total. The standard InChI is InChI=1S/C46H89NO3/c1-3-5-7-9-11-13-15-17-19-20-21-22-23-24-25-26-27-28-30-32-34-36-38-40-42-46(50)47-44(43-48)45(49)41-39-37-35-33-31-29-18-16-14-12-10-8-6-4-2/h24-25,39,41,44-45,48-49H,3-23,26-38,40,42-43H2,1-2H3,(H,47,50)/b25-24-,41-39+. The minimum absolute atomic E-state index is 0.0654. The lowest BCUT2D eigenvalue weighted by Crippen LogP contribution is -2.45. The molecule has 0 aromatic heterocycles. The van der Waals surface area contributed by atoms with Gasteiger partial charge in [-0.15, -0.1) is 0 Å². The van der Waals surface area contributed by atoms with Crippen molar-refractivity contribution in [3.63, 3.8) is 0 Å². The molecule has 3 N–H and O–H groups in total. The second kappa shape index (κ2) is 42.3. The van der Waals surface area contributed by atoms with E-state index in [4.69, 9.17) is 0 Å². The van der Waals surface area contributed by atoms with Crippen LogP contribution in [-0.2, 0) is 4.79 Å². The zero-order chi connectivity index (χ0) is 36.4. The first-order chi connectivity index (χ1) is 24.7. The minimum Gasteiger partial charge on any atom is -0.394 e. The molecule has 0 aromatic carbocycles. The topological polar surface area (TPSA) is 69.6 Å². The van der Waals surface area contributed by atoms with Gasteiger partial charge in [-0.2, -0.15) is 0 Å². The average Bonchev–Trinajstić information content (AvgIpc) is 3.12. The molecule has 2 unspecified atom stereocenters. The van der Waals surface area contributed by atoms with Gasteiger partial charge < -0.3 is 15.5 Å². The number of carbonyl (C=O) groups excluding carboxylic acids is 1. The SMILES string of the molecule is CCCCCCCCCCCCCC/C=C\CCCCCCCCCCC(=O)NC(CO)C(O)/C=C/CCCCCCCCCCCCCC. The van der Waals surface area contributed by atoms with E-state index < -0.39 is 12.1 Å². The lowest BCUT2D eigenvalue weighted by molar-refractivity contribution is -0.123. The van der Waals surface area contributed by atoms with Gasteiger partial charge in [0, 0.05) is 6.42 Å². The van der Waals surface area contributed by atoms with Gasteiger partial charge >= 0.3 is 0 Å². The molecule has 0 saturated heterocycles. The summed E-state index contributed by atoms with van der Waals surface area (Å²) < 4.78 is 0. The Morgan fingerprint density at radius 3 is 1.10 bits per heavy atom. The van der Waals surface area contributed by atoms with Crippen LogP contribution in [0.15, 0.2) is 24.3 Å². The van der Waals surface area contributed by atoms with Crippen molar-refractivity contribution >= 4 is 5.91 Å². The van der Waals surface area contributed by atoms with Crippen molar-refractivity contribution in [1.82, 2.24) is 5.32 Å². The zero-order valence-corrected chi connectivity index (χ0v) is 33.9. The lowest BCUT2D eigenvalue weighted by atomic mass is 10.0. The van der Waals surface area contributed by atoms with E-state index in [0.717, 1.165) is 25.7 Å². The molecule has 0 rings (SSSR count). The Morgan fingerprint density at radius 1 is 0.460 bits per heavy atom. The monoisotopic (exact) mass is 704 g/mol. The highest BCUT2D eigenvalue weighted by atomic mass is 16.3. The summed E-state index contributed by atoms with van der Waals surface area (Å²) in [5, 5.41) is 23.0. The number of nitrogens with one attached hydrogen (secondary N) is 1. The van der Waals surface area contributed by atoms with E-state index in [1.54, 1.807) is 6.08 Å². The number of rotatable bonds is 41. The van der Waals surface area contributed by atoms with E-state index in [0.29, 0.717) is 6.42 Å². The molecule has 0 saturated carbocycles. The Hall–Kier alpha value is -1.13. The van der Waals surface area contributed by atoms with Crippen LogP contribution in [0.1, 0.15) is 245 Å². The molecular weight excluding hydrogens is 615 g/mol. The molecule has 0 aliphatic rings. The molecule has 4 heteroatoms. The van der Waals surface area contributed by atoms with E-state index in [2.05, 4.69) is 31.3 Å². The summed E-state index contributed by atoms with van der Waals surface area (Å²) in [5.41, 5.74) is 0. The molecule has 0 bridgehead atoms. The van der Waals surface area contributed by atoms with E-state index in [1.807, 2.05) is 6.08 Å². The number of hydrogen-bond acceptors (Lipinski definition) is 3. The summed E-state index contributed by atoms with van der Waals surface area (Å²) in [4.78, 5) is 12.4. The first-order valence-electron chi connectivity index (χ1n) is 22.6. The summed E-state index contributed by atoms with van der Waals surface area (Å²) in [6, 6.07) is -0.620. The van der Waals surface area contributed by atoms with Crippen molar-refractivity contribution in [2.75, 3.05) is 6.61 Å². The Kier molecular flexibility index (Phi) is 41.3. The second-order valence-electron chi connectivity index (χ2n) is 15.5. The summed E-state index contributed by atoms with van der Waals surface area (Å²) in [7, 11) is 0. The van der Waals surface area contributed by atoms with Crippen molar-refractivity contribution in [1.29, 1.82) is 0 Å². The maximum absolute atomic E-state index is 12.4. The van der Waals surface area contributed by atoms with Crippen LogP contribution in [0, 0.1) is 0 Å². The number of unbranched alkanes of at least 4 members (excludes halogenated alkanes) is 32. The highest BCUT2D eigenvalue weighted by Crippen LogP contribution is 2.15. The Bertz CT molecular complexity index is 720. The lowest BCUT2D eigenvalue weighted by Gasteiger charge is -2.20. The van der Waals surface area contributed by atoms with Crippen LogP contribution < -0.4 is 5.32 Å². The first kappa shape index (κ1) is 48.9. The molecule has 0 aliphatic heterocycles. The number of aliphatic hydroxyl groups excluding tert-OH is 2. The van der Waals surface area contributed by atoms with Crippen LogP contribution in [0.5, 0.6) is 0 Å². The molecule has 2 atom stereocenters. The number of hydrogen-bond donors (Lipinski definition) is 3. The summed E-state index contributed by atoms with van der Waals surface area (Å²) in [5.74, 6) is -0.0654. The Labute approximate surface area is 313 Å². The fourth-order valence-corrected chi connectivity index (χ4v) is 6.94. The highest BCUT2D eigenvalue weighted by molar-refractivity contribution is 5.76. The van der Waals surface area contributed by atoms with Gasteiger partial charge in [0.15, 0.2) is 0 Å². The van der Waals surface area contributed by atoms with Crippen molar-refractivity contribution < 1.29 is 15.0 Å². The first-order valence-corrected chi connectivity index (χ1v) is 22.6. The highest BCUT2D eigenvalue weighted by Gasteiger charge is 2.17. The number of carbonyl (C=O) groups is 1. The Morgan fingerprint density at radius 2 is 0.760 bits per heavy atom. The normalized spacial score (nSPS) is 13.1. The quantitative estimate of drug-likeness (QED) is 0.0438. The van der Waals surface area contributed by atoms with E-state index >= 15 is 0 Å². The fourth-order valence-electron chi connectivity index (χ4n) is 6.94. The Balaban J connectivity index is 3.52. The van der Waals surface area contributed by atoms with Crippen LogP contribution in [0.3, 0.4) is 0 Å². The molecule has 0 heterocycles. The van der Waals surface area contributed by atoms with Crippen molar-refractivity contribution in [3.8, 4) is 0 Å². The third kappa shape index (κ3) is 38.1. The van der Waals surface area contributed by atoms with Gasteiger partial charge in [-0.05, 0) is 44.9 Å². The van der Waals surface area contributed by atoms with Crippen LogP contribution in [-0.4, -0.2) is 34.9 Å². The summed E-state index contributed by atoms with van der Waals surface area (Å²) in [6.07, 6.45) is 54.3. The van der Waals surface area contributed by atoms with E-state index in [1.165, 1.54) is 199 Å². The van der Waals surface area contributed by atoms with Gasteiger partial charge in [0.2, 0.25) is 5.91 Å². The molecule has 296 valence electrons. The van der Waals surface area contributed by atoms with Crippen LogP contribution in [0.2, 0.25) is 0 Å². The van der Waals surface area contributed by atoms with Crippen molar-refractivity contribution in [3.05, 3.63) is 24.3 Å². The molecule has 0 spiro atoms. The average molecular weight is 704 g/mol. The second-order valence-corrected chi connectivity index (χ2v) is 15.5. The third-order valence-electron chi connectivity index (χ3n) is 10.4.